The van der Waals surface area contributed by atoms with Crippen molar-refractivity contribution in [2.24, 2.45) is 0 Å². The van der Waals surface area contributed by atoms with E-state index in [9.17, 15) is 0 Å². The van der Waals surface area contributed by atoms with Crippen molar-refractivity contribution in [2.45, 2.75) is 51.0 Å². The van der Waals surface area contributed by atoms with E-state index in [2.05, 4.69) is 29.2 Å². The topological polar surface area (TPSA) is 40.6 Å². The van der Waals surface area contributed by atoms with Gasteiger partial charge < -0.3 is 13.3 Å². The molecule has 0 amide bonds. The minimum absolute atomic E-state index is 0.905. The first kappa shape index (κ1) is 20.0. The van der Waals surface area contributed by atoms with Crippen LogP contribution in [0.3, 0.4) is 0 Å². The molecule has 0 saturated carbocycles. The largest absolute Gasteiger partial charge is 0.500 e. The van der Waals surface area contributed by atoms with E-state index >= 15 is 0 Å². The summed E-state index contributed by atoms with van der Waals surface area (Å²) in [5.41, 5.74) is 1.43. The maximum absolute atomic E-state index is 5.45. The molecule has 0 atom stereocenters. The highest BCUT2D eigenvalue weighted by molar-refractivity contribution is 6.60. The lowest BCUT2D eigenvalue weighted by atomic mass is 10.0. The van der Waals surface area contributed by atoms with Gasteiger partial charge in [0.05, 0.1) is 0 Å². The van der Waals surface area contributed by atoms with Crippen molar-refractivity contribution in [3.63, 3.8) is 0 Å². The summed E-state index contributed by atoms with van der Waals surface area (Å²) >= 11 is 0. The minimum atomic E-state index is -2.36. The number of pyridine rings is 1. The summed E-state index contributed by atoms with van der Waals surface area (Å²) < 4.78 is 16.4. The number of benzene rings is 1. The molecular formula is C20H31NO3Si. The summed E-state index contributed by atoms with van der Waals surface area (Å²) in [6, 6.07) is 9.69. The zero-order valence-corrected chi connectivity index (χ0v) is 16.8. The molecule has 0 aliphatic carbocycles. The zero-order valence-electron chi connectivity index (χ0n) is 15.8. The number of aromatic nitrogens is 1. The minimum Gasteiger partial charge on any atom is -0.377 e. The Kier molecular flexibility index (Phi) is 8.55. The fraction of sp³-hybridized carbons (Fsp3) is 0.550. The standard InChI is InChI=1S/C20H31NO3Si/c1-22-25(23-2,24-3)15-9-7-5-4-6-8-10-18-11-12-20-17-21-14-13-19(20)16-18/h11-14,16-17H,4-10,15H2,1-3H3. The maximum Gasteiger partial charge on any atom is 0.500 e. The van der Waals surface area contributed by atoms with Crippen LogP contribution >= 0.6 is 0 Å². The summed E-state index contributed by atoms with van der Waals surface area (Å²) in [7, 11) is 2.69. The van der Waals surface area contributed by atoms with Crippen LogP contribution in [0, 0.1) is 0 Å². The van der Waals surface area contributed by atoms with Gasteiger partial charge in [0, 0.05) is 45.2 Å². The molecule has 0 aliphatic rings. The summed E-state index contributed by atoms with van der Waals surface area (Å²) in [6.45, 7) is 0. The molecular weight excluding hydrogens is 330 g/mol. The molecule has 0 radical (unpaired) electrons. The van der Waals surface area contributed by atoms with Gasteiger partial charge in [-0.1, -0.05) is 43.9 Å². The van der Waals surface area contributed by atoms with Gasteiger partial charge >= 0.3 is 8.80 Å². The van der Waals surface area contributed by atoms with Crippen molar-refractivity contribution in [2.75, 3.05) is 21.3 Å². The first-order valence-electron chi connectivity index (χ1n) is 9.21. The summed E-state index contributed by atoms with van der Waals surface area (Å²) in [5.74, 6) is 0. The molecule has 1 aromatic carbocycles. The maximum atomic E-state index is 5.45. The monoisotopic (exact) mass is 361 g/mol. The van der Waals surface area contributed by atoms with Gasteiger partial charge in [-0.15, -0.1) is 0 Å². The van der Waals surface area contributed by atoms with Crippen molar-refractivity contribution >= 4 is 19.6 Å². The quantitative estimate of drug-likeness (QED) is 0.394. The van der Waals surface area contributed by atoms with E-state index in [0.717, 1.165) is 18.9 Å². The van der Waals surface area contributed by atoms with Crippen molar-refractivity contribution in [1.82, 2.24) is 4.98 Å². The van der Waals surface area contributed by atoms with E-state index in [1.165, 1.54) is 48.4 Å². The second kappa shape index (κ2) is 10.7. The number of unbranched alkanes of at least 4 members (excludes halogenated alkanes) is 5. The van der Waals surface area contributed by atoms with Crippen LogP contribution in [-0.4, -0.2) is 35.1 Å². The molecule has 25 heavy (non-hydrogen) atoms. The van der Waals surface area contributed by atoms with Crippen molar-refractivity contribution < 1.29 is 13.3 Å². The molecule has 0 bridgehead atoms. The van der Waals surface area contributed by atoms with Gasteiger partial charge in [-0.3, -0.25) is 4.98 Å². The smallest absolute Gasteiger partial charge is 0.377 e. The van der Waals surface area contributed by atoms with Gasteiger partial charge in [-0.2, -0.15) is 0 Å². The summed E-state index contributed by atoms with van der Waals surface area (Å²) in [5, 5.41) is 2.50. The summed E-state index contributed by atoms with van der Waals surface area (Å²) in [6.07, 6.45) is 12.4. The number of aryl methyl sites for hydroxylation is 1. The van der Waals surface area contributed by atoms with Gasteiger partial charge in [-0.25, -0.2) is 0 Å². The molecule has 0 fully saturated rings. The van der Waals surface area contributed by atoms with Crippen LogP contribution in [0.4, 0.5) is 0 Å². The van der Waals surface area contributed by atoms with Gasteiger partial charge in [0.1, 0.15) is 0 Å². The lowest BCUT2D eigenvalue weighted by Gasteiger charge is -2.24. The van der Waals surface area contributed by atoms with Crippen LogP contribution in [0.15, 0.2) is 36.7 Å². The fourth-order valence-electron chi connectivity index (χ4n) is 3.22. The normalized spacial score (nSPS) is 12.0. The van der Waals surface area contributed by atoms with E-state index in [-0.39, 0.29) is 0 Å². The van der Waals surface area contributed by atoms with Crippen LogP contribution in [-0.2, 0) is 19.7 Å². The molecule has 0 N–H and O–H groups in total. The average molecular weight is 362 g/mol. The number of fused-ring (bicyclic) bond motifs is 1. The van der Waals surface area contributed by atoms with Crippen LogP contribution in [0.1, 0.15) is 44.1 Å². The Balaban J connectivity index is 1.58. The molecule has 0 unspecified atom stereocenters. The molecule has 138 valence electrons. The van der Waals surface area contributed by atoms with E-state index in [1.807, 2.05) is 12.4 Å². The molecule has 4 nitrogen and oxygen atoms in total. The molecule has 1 aromatic heterocycles. The Bertz CT molecular complexity index is 623. The van der Waals surface area contributed by atoms with Gasteiger partial charge in [0.25, 0.3) is 0 Å². The van der Waals surface area contributed by atoms with E-state index in [4.69, 9.17) is 13.3 Å². The molecule has 5 heteroatoms. The second-order valence-electron chi connectivity index (χ2n) is 6.47. The molecule has 1 heterocycles. The Morgan fingerprint density at radius 3 is 2.20 bits per heavy atom. The van der Waals surface area contributed by atoms with Crippen LogP contribution in [0.5, 0.6) is 0 Å². The van der Waals surface area contributed by atoms with E-state index < -0.39 is 8.80 Å². The molecule has 2 rings (SSSR count). The van der Waals surface area contributed by atoms with Crippen LogP contribution < -0.4 is 0 Å². The number of nitrogens with zero attached hydrogens (tertiary/aromatic N) is 1. The SMILES string of the molecule is CO[Si](CCCCCCCCc1ccc2cnccc2c1)(OC)OC. The predicted molar refractivity (Wildman–Crippen MR) is 105 cm³/mol. The first-order chi connectivity index (χ1) is 12.2. The predicted octanol–water partition coefficient (Wildman–Crippen LogP) is 5.00. The number of hydrogen-bond donors (Lipinski definition) is 0. The second-order valence-corrected chi connectivity index (χ2v) is 9.56. The molecule has 0 saturated heterocycles. The Morgan fingerprint density at radius 1 is 0.800 bits per heavy atom. The van der Waals surface area contributed by atoms with Crippen molar-refractivity contribution in [3.05, 3.63) is 42.2 Å². The average Bonchev–Trinajstić information content (AvgIpc) is 2.67. The van der Waals surface area contributed by atoms with E-state index in [1.54, 1.807) is 21.3 Å². The van der Waals surface area contributed by atoms with Crippen LogP contribution in [0.25, 0.3) is 10.8 Å². The molecule has 2 aromatic rings. The number of rotatable bonds is 12. The van der Waals surface area contributed by atoms with Crippen molar-refractivity contribution in [1.29, 1.82) is 0 Å². The third kappa shape index (κ3) is 6.19. The highest BCUT2D eigenvalue weighted by atomic mass is 28.4. The highest BCUT2D eigenvalue weighted by Gasteiger charge is 2.36. The lowest BCUT2D eigenvalue weighted by Crippen LogP contribution is -2.42. The van der Waals surface area contributed by atoms with Crippen molar-refractivity contribution in [3.8, 4) is 0 Å². The van der Waals surface area contributed by atoms with Gasteiger partial charge in [0.15, 0.2) is 0 Å². The van der Waals surface area contributed by atoms with Crippen LogP contribution in [0.2, 0.25) is 6.04 Å². The first-order valence-corrected chi connectivity index (χ1v) is 11.1. The Labute approximate surface area is 152 Å². The Hall–Kier alpha value is -1.27. The fourth-order valence-corrected chi connectivity index (χ4v) is 5.02. The number of hydrogen-bond acceptors (Lipinski definition) is 4. The lowest BCUT2D eigenvalue weighted by molar-refractivity contribution is 0.122. The highest BCUT2D eigenvalue weighted by Crippen LogP contribution is 2.19. The Morgan fingerprint density at radius 2 is 1.48 bits per heavy atom. The molecule has 0 spiro atoms. The van der Waals surface area contributed by atoms with Gasteiger partial charge in [-0.05, 0) is 36.3 Å². The third-order valence-corrected chi connectivity index (χ3v) is 7.67. The molecule has 0 aliphatic heterocycles. The summed E-state index contributed by atoms with van der Waals surface area (Å²) in [4.78, 5) is 4.16. The van der Waals surface area contributed by atoms with Gasteiger partial charge in [0.2, 0.25) is 0 Å². The zero-order chi connectivity index (χ0) is 18.0. The third-order valence-electron chi connectivity index (χ3n) is 4.84. The van der Waals surface area contributed by atoms with E-state index in [0.29, 0.717) is 0 Å².